The van der Waals surface area contributed by atoms with Crippen molar-refractivity contribution in [3.05, 3.63) is 63.9 Å². The molecule has 1 saturated heterocycles. The van der Waals surface area contributed by atoms with Crippen LogP contribution in [0.2, 0.25) is 10.0 Å². The third kappa shape index (κ3) is 4.23. The summed E-state index contributed by atoms with van der Waals surface area (Å²) in [5.74, 6) is -0.0943. The lowest BCUT2D eigenvalue weighted by atomic mass is 9.89. The van der Waals surface area contributed by atoms with E-state index in [1.807, 2.05) is 12.3 Å². The van der Waals surface area contributed by atoms with Gasteiger partial charge in [-0.2, -0.15) is 0 Å². The van der Waals surface area contributed by atoms with E-state index in [2.05, 4.69) is 21.4 Å². The van der Waals surface area contributed by atoms with Crippen LogP contribution in [-0.2, 0) is 4.79 Å². The van der Waals surface area contributed by atoms with Gasteiger partial charge in [-0.1, -0.05) is 23.2 Å². The van der Waals surface area contributed by atoms with Crippen LogP contribution in [0.3, 0.4) is 0 Å². The van der Waals surface area contributed by atoms with Gasteiger partial charge in [-0.15, -0.1) is 0 Å². The van der Waals surface area contributed by atoms with Crippen LogP contribution in [-0.4, -0.2) is 46.3 Å². The van der Waals surface area contributed by atoms with Crippen LogP contribution >= 0.6 is 23.2 Å². The van der Waals surface area contributed by atoms with Crippen molar-refractivity contribution < 1.29 is 9.59 Å². The lowest BCUT2D eigenvalue weighted by Gasteiger charge is -2.32. The SMILES string of the molecule is O=C(NCC(=O)N1CCC(c2c[nH]c3ncccc23)CC1)c1ccc(Cl)cc1Cl. The Morgan fingerprint density at radius 3 is 2.76 bits per heavy atom. The maximum Gasteiger partial charge on any atom is 0.253 e. The molecule has 4 rings (SSSR count). The van der Waals surface area contributed by atoms with Crippen LogP contribution in [0.4, 0.5) is 0 Å². The Morgan fingerprint density at radius 2 is 2.00 bits per heavy atom. The highest BCUT2D eigenvalue weighted by Crippen LogP contribution is 2.32. The molecule has 2 aromatic heterocycles. The first kappa shape index (κ1) is 19.7. The molecule has 3 heterocycles. The molecule has 0 atom stereocenters. The number of amides is 2. The molecule has 1 aliphatic rings. The van der Waals surface area contributed by atoms with Crippen LogP contribution in [0.25, 0.3) is 11.0 Å². The van der Waals surface area contributed by atoms with Gasteiger partial charge in [0.1, 0.15) is 5.65 Å². The molecule has 1 aliphatic heterocycles. The summed E-state index contributed by atoms with van der Waals surface area (Å²) < 4.78 is 0. The Labute approximate surface area is 178 Å². The third-order valence-corrected chi connectivity index (χ3v) is 5.89. The second-order valence-electron chi connectivity index (χ2n) is 7.11. The first-order valence-electron chi connectivity index (χ1n) is 9.46. The molecular weight excluding hydrogens is 411 g/mol. The normalized spacial score (nSPS) is 14.9. The van der Waals surface area contributed by atoms with Crippen LogP contribution in [0.1, 0.15) is 34.7 Å². The minimum absolute atomic E-state index is 0.0561. The number of H-pyrrole nitrogens is 1. The van der Waals surface area contributed by atoms with Crippen LogP contribution in [0.15, 0.2) is 42.7 Å². The van der Waals surface area contributed by atoms with E-state index in [0.717, 1.165) is 23.9 Å². The van der Waals surface area contributed by atoms with Gasteiger partial charge in [-0.25, -0.2) is 4.98 Å². The molecule has 8 heteroatoms. The molecule has 0 spiro atoms. The molecule has 150 valence electrons. The van der Waals surface area contributed by atoms with Gasteiger partial charge in [0.05, 0.1) is 17.1 Å². The number of hydrogen-bond donors (Lipinski definition) is 2. The van der Waals surface area contributed by atoms with Crippen molar-refractivity contribution in [2.45, 2.75) is 18.8 Å². The summed E-state index contributed by atoms with van der Waals surface area (Å²) in [6, 6.07) is 8.66. The summed E-state index contributed by atoms with van der Waals surface area (Å²) in [5, 5.41) is 4.51. The first-order valence-corrected chi connectivity index (χ1v) is 10.2. The quantitative estimate of drug-likeness (QED) is 0.656. The maximum atomic E-state index is 12.5. The fourth-order valence-corrected chi connectivity index (χ4v) is 4.29. The number of halogens is 2. The molecule has 2 N–H and O–H groups in total. The van der Waals surface area contributed by atoms with Gasteiger partial charge >= 0.3 is 0 Å². The van der Waals surface area contributed by atoms with Gasteiger partial charge < -0.3 is 15.2 Å². The summed E-state index contributed by atoms with van der Waals surface area (Å²) in [7, 11) is 0. The summed E-state index contributed by atoms with van der Waals surface area (Å²) in [4.78, 5) is 34.2. The molecule has 0 saturated carbocycles. The third-order valence-electron chi connectivity index (χ3n) is 5.35. The number of hydrogen-bond acceptors (Lipinski definition) is 3. The van der Waals surface area contributed by atoms with Crippen LogP contribution in [0.5, 0.6) is 0 Å². The highest BCUT2D eigenvalue weighted by atomic mass is 35.5. The highest BCUT2D eigenvalue weighted by Gasteiger charge is 2.26. The van der Waals surface area contributed by atoms with E-state index in [4.69, 9.17) is 23.2 Å². The molecule has 29 heavy (non-hydrogen) atoms. The molecule has 2 amide bonds. The second-order valence-corrected chi connectivity index (χ2v) is 7.95. The number of nitrogens with zero attached hydrogens (tertiary/aromatic N) is 2. The number of piperidine rings is 1. The number of aromatic amines is 1. The van der Waals surface area contributed by atoms with E-state index in [-0.39, 0.29) is 23.4 Å². The van der Waals surface area contributed by atoms with Gasteiger partial charge in [-0.3, -0.25) is 9.59 Å². The number of benzene rings is 1. The Balaban J connectivity index is 1.31. The summed E-state index contributed by atoms with van der Waals surface area (Å²) in [5.41, 5.74) is 2.45. The molecule has 0 radical (unpaired) electrons. The van der Waals surface area contributed by atoms with E-state index in [1.54, 1.807) is 23.2 Å². The zero-order valence-electron chi connectivity index (χ0n) is 15.6. The van der Waals surface area contributed by atoms with Gasteiger partial charge in [0.2, 0.25) is 5.91 Å². The molecule has 3 aromatic rings. The summed E-state index contributed by atoms with van der Waals surface area (Å²) in [6.07, 6.45) is 5.56. The maximum absolute atomic E-state index is 12.5. The summed E-state index contributed by atoms with van der Waals surface area (Å²) >= 11 is 11.9. The van der Waals surface area contributed by atoms with E-state index >= 15 is 0 Å². The lowest BCUT2D eigenvalue weighted by molar-refractivity contribution is -0.131. The average molecular weight is 431 g/mol. The predicted octanol–water partition coefficient (Wildman–Crippen LogP) is 4.01. The molecule has 1 aromatic carbocycles. The molecule has 0 aliphatic carbocycles. The second kappa shape index (κ2) is 8.43. The monoisotopic (exact) mass is 430 g/mol. The van der Waals surface area contributed by atoms with E-state index in [9.17, 15) is 9.59 Å². The van der Waals surface area contributed by atoms with Crippen molar-refractivity contribution >= 4 is 46.0 Å². The average Bonchev–Trinajstić information content (AvgIpc) is 3.16. The molecule has 1 fully saturated rings. The van der Waals surface area contributed by atoms with Gasteiger partial charge in [0.25, 0.3) is 5.91 Å². The number of fused-ring (bicyclic) bond motifs is 1. The topological polar surface area (TPSA) is 78.1 Å². The van der Waals surface area contributed by atoms with Gasteiger partial charge in [0.15, 0.2) is 0 Å². The number of nitrogens with one attached hydrogen (secondary N) is 2. The van der Waals surface area contributed by atoms with Gasteiger partial charge in [-0.05, 0) is 54.7 Å². The van der Waals surface area contributed by atoms with Crippen molar-refractivity contribution in [3.8, 4) is 0 Å². The van der Waals surface area contributed by atoms with E-state index in [1.165, 1.54) is 11.6 Å². The molecule has 6 nitrogen and oxygen atoms in total. The predicted molar refractivity (Wildman–Crippen MR) is 113 cm³/mol. The minimum Gasteiger partial charge on any atom is -0.346 e. The molecule has 0 bridgehead atoms. The van der Waals surface area contributed by atoms with Crippen molar-refractivity contribution in [3.63, 3.8) is 0 Å². The Hall–Kier alpha value is -2.57. The zero-order chi connectivity index (χ0) is 20.4. The zero-order valence-corrected chi connectivity index (χ0v) is 17.1. The fraction of sp³-hybridized carbons (Fsp3) is 0.286. The van der Waals surface area contributed by atoms with Crippen LogP contribution in [0, 0.1) is 0 Å². The van der Waals surface area contributed by atoms with Crippen molar-refractivity contribution in [1.82, 2.24) is 20.2 Å². The minimum atomic E-state index is -0.388. The Morgan fingerprint density at radius 1 is 1.21 bits per heavy atom. The first-order chi connectivity index (χ1) is 14.0. The fourth-order valence-electron chi connectivity index (χ4n) is 3.79. The lowest BCUT2D eigenvalue weighted by Crippen LogP contribution is -2.43. The molecular formula is C21H20Cl2N4O2. The Bertz CT molecular complexity index is 1060. The standard InChI is InChI=1S/C21H20Cl2N4O2/c22-14-3-4-16(18(23)10-14)21(29)26-12-19(28)27-8-5-13(6-9-27)17-11-25-20-15(17)2-1-7-24-20/h1-4,7,10-11,13H,5-6,8-9,12H2,(H,24,25)(H,26,29). The molecule has 0 unspecified atom stereocenters. The highest BCUT2D eigenvalue weighted by molar-refractivity contribution is 6.36. The Kier molecular flexibility index (Phi) is 5.74. The largest absolute Gasteiger partial charge is 0.346 e. The summed E-state index contributed by atoms with van der Waals surface area (Å²) in [6.45, 7) is 1.27. The van der Waals surface area contributed by atoms with Crippen LogP contribution < -0.4 is 5.32 Å². The van der Waals surface area contributed by atoms with Crippen molar-refractivity contribution in [1.29, 1.82) is 0 Å². The van der Waals surface area contributed by atoms with E-state index in [0.29, 0.717) is 29.6 Å². The number of likely N-dealkylation sites (tertiary alicyclic amines) is 1. The smallest absolute Gasteiger partial charge is 0.253 e. The number of aromatic nitrogens is 2. The van der Waals surface area contributed by atoms with E-state index < -0.39 is 0 Å². The number of pyridine rings is 1. The van der Waals surface area contributed by atoms with Crippen molar-refractivity contribution in [2.75, 3.05) is 19.6 Å². The van der Waals surface area contributed by atoms with Crippen molar-refractivity contribution in [2.24, 2.45) is 0 Å². The number of carbonyl (C=O) groups is 2. The number of carbonyl (C=O) groups excluding carboxylic acids is 2. The number of rotatable bonds is 4. The van der Waals surface area contributed by atoms with Gasteiger partial charge in [0, 0.05) is 35.9 Å².